The van der Waals surface area contributed by atoms with Crippen molar-refractivity contribution >= 4 is 6.21 Å². The highest BCUT2D eigenvalue weighted by Gasteiger charge is 1.94. The number of nitrogens with zero attached hydrogens (tertiary/aromatic N) is 1. The van der Waals surface area contributed by atoms with Gasteiger partial charge in [0, 0.05) is 0 Å². The summed E-state index contributed by atoms with van der Waals surface area (Å²) in [7, 11) is 0. The summed E-state index contributed by atoms with van der Waals surface area (Å²) in [4.78, 5) is 4.03. The van der Waals surface area contributed by atoms with Crippen molar-refractivity contribution < 1.29 is 4.74 Å². The second-order valence-corrected chi connectivity index (χ2v) is 2.25. The fraction of sp³-hybridized carbons (Fsp3) is 0.875. The number of ether oxygens (including phenoxy) is 1. The molecule has 1 atom stereocenters. The normalized spacial score (nSPS) is 14.3. The van der Waals surface area contributed by atoms with Crippen LogP contribution >= 0.6 is 0 Å². The zero-order valence-electron chi connectivity index (χ0n) is 7.13. The van der Waals surface area contributed by atoms with Crippen molar-refractivity contribution in [1.82, 2.24) is 0 Å². The van der Waals surface area contributed by atoms with E-state index in [2.05, 4.69) is 18.8 Å². The summed E-state index contributed by atoms with van der Waals surface area (Å²) in [6, 6.07) is 0. The van der Waals surface area contributed by atoms with E-state index in [1.807, 2.05) is 6.92 Å². The molecule has 60 valence electrons. The van der Waals surface area contributed by atoms with Gasteiger partial charge in [-0.3, -0.25) is 4.99 Å². The number of hydrogen-bond donors (Lipinski definition) is 0. The van der Waals surface area contributed by atoms with Crippen molar-refractivity contribution in [3.8, 4) is 0 Å². The molecule has 0 saturated carbocycles. The molecule has 0 N–H and O–H groups in total. The van der Waals surface area contributed by atoms with E-state index < -0.39 is 0 Å². The molecule has 0 aromatic heterocycles. The van der Waals surface area contributed by atoms with Gasteiger partial charge in [-0.2, -0.15) is 0 Å². The van der Waals surface area contributed by atoms with Crippen LogP contribution in [0, 0.1) is 0 Å². The van der Waals surface area contributed by atoms with Gasteiger partial charge in [0.2, 0.25) is 0 Å². The van der Waals surface area contributed by atoms with Crippen molar-refractivity contribution in [3.63, 3.8) is 0 Å². The zero-order chi connectivity index (χ0) is 7.82. The molecule has 2 nitrogen and oxygen atoms in total. The standard InChI is InChI=1S/C8H17NO/c1-4-8(3)10-7-6-9-5-2/h5,8H,4,6-7H2,1-3H3. The minimum absolute atomic E-state index is 0.382. The lowest BCUT2D eigenvalue weighted by Crippen LogP contribution is -2.09. The Morgan fingerprint density at radius 3 is 2.80 bits per heavy atom. The van der Waals surface area contributed by atoms with E-state index in [9.17, 15) is 0 Å². The Labute approximate surface area is 63.3 Å². The molecule has 0 heterocycles. The van der Waals surface area contributed by atoms with Crippen LogP contribution in [-0.4, -0.2) is 25.5 Å². The van der Waals surface area contributed by atoms with Crippen molar-refractivity contribution in [2.45, 2.75) is 33.3 Å². The van der Waals surface area contributed by atoms with Gasteiger partial charge in [-0.1, -0.05) is 6.92 Å². The Bertz CT molecular complexity index is 91.3. The van der Waals surface area contributed by atoms with E-state index in [1.165, 1.54) is 0 Å². The lowest BCUT2D eigenvalue weighted by Gasteiger charge is -2.07. The van der Waals surface area contributed by atoms with Gasteiger partial charge in [0.1, 0.15) is 0 Å². The predicted molar refractivity (Wildman–Crippen MR) is 44.7 cm³/mol. The maximum atomic E-state index is 5.38. The Hall–Kier alpha value is -0.370. The Kier molecular flexibility index (Phi) is 6.50. The van der Waals surface area contributed by atoms with Crippen LogP contribution in [0.3, 0.4) is 0 Å². The summed E-state index contributed by atoms with van der Waals surface area (Å²) in [5, 5.41) is 0. The maximum Gasteiger partial charge on any atom is 0.0665 e. The lowest BCUT2D eigenvalue weighted by atomic mass is 10.3. The third kappa shape index (κ3) is 5.76. The zero-order valence-corrected chi connectivity index (χ0v) is 7.13. The van der Waals surface area contributed by atoms with Crippen LogP contribution in [0.15, 0.2) is 4.99 Å². The second-order valence-electron chi connectivity index (χ2n) is 2.25. The first-order valence-electron chi connectivity index (χ1n) is 3.87. The summed E-state index contributed by atoms with van der Waals surface area (Å²) < 4.78 is 5.38. The van der Waals surface area contributed by atoms with Crippen LogP contribution in [-0.2, 0) is 4.74 Å². The topological polar surface area (TPSA) is 21.6 Å². The van der Waals surface area contributed by atoms with Gasteiger partial charge in [-0.05, 0) is 26.5 Å². The molecule has 0 spiro atoms. The largest absolute Gasteiger partial charge is 0.377 e. The molecule has 0 aromatic rings. The van der Waals surface area contributed by atoms with E-state index in [0.717, 1.165) is 19.6 Å². The SMILES string of the molecule is CC=NCCOC(C)CC. The van der Waals surface area contributed by atoms with Crippen molar-refractivity contribution in [1.29, 1.82) is 0 Å². The van der Waals surface area contributed by atoms with Crippen LogP contribution in [0.25, 0.3) is 0 Å². The highest BCUT2D eigenvalue weighted by molar-refractivity contribution is 5.53. The molecular weight excluding hydrogens is 126 g/mol. The third-order valence-corrected chi connectivity index (χ3v) is 1.38. The lowest BCUT2D eigenvalue weighted by molar-refractivity contribution is 0.0698. The van der Waals surface area contributed by atoms with Crippen molar-refractivity contribution in [3.05, 3.63) is 0 Å². The van der Waals surface area contributed by atoms with E-state index in [0.29, 0.717) is 6.10 Å². The van der Waals surface area contributed by atoms with E-state index in [1.54, 1.807) is 6.21 Å². The molecule has 10 heavy (non-hydrogen) atoms. The van der Waals surface area contributed by atoms with Crippen LogP contribution in [0.4, 0.5) is 0 Å². The molecular formula is C8H17NO. The van der Waals surface area contributed by atoms with Gasteiger partial charge in [-0.25, -0.2) is 0 Å². The highest BCUT2D eigenvalue weighted by atomic mass is 16.5. The molecule has 0 aliphatic carbocycles. The van der Waals surface area contributed by atoms with Gasteiger partial charge in [0.05, 0.1) is 19.3 Å². The summed E-state index contributed by atoms with van der Waals surface area (Å²) in [6.45, 7) is 7.66. The van der Waals surface area contributed by atoms with E-state index in [-0.39, 0.29) is 0 Å². The molecule has 0 aliphatic rings. The predicted octanol–water partition coefficient (Wildman–Crippen LogP) is 1.89. The second kappa shape index (κ2) is 6.75. The molecule has 0 saturated heterocycles. The summed E-state index contributed by atoms with van der Waals surface area (Å²) in [6.07, 6.45) is 3.27. The molecule has 1 unspecified atom stereocenters. The van der Waals surface area contributed by atoms with Crippen LogP contribution in [0.5, 0.6) is 0 Å². The molecule has 0 amide bonds. The van der Waals surface area contributed by atoms with Crippen LogP contribution in [0.2, 0.25) is 0 Å². The third-order valence-electron chi connectivity index (χ3n) is 1.38. The Morgan fingerprint density at radius 2 is 2.30 bits per heavy atom. The molecule has 2 heteroatoms. The van der Waals surface area contributed by atoms with Crippen LogP contribution < -0.4 is 0 Å². The Balaban J connectivity index is 3.03. The summed E-state index contributed by atoms with van der Waals surface area (Å²) >= 11 is 0. The van der Waals surface area contributed by atoms with Crippen molar-refractivity contribution in [2.24, 2.45) is 4.99 Å². The number of rotatable bonds is 5. The first-order chi connectivity index (χ1) is 4.81. The monoisotopic (exact) mass is 143 g/mol. The molecule has 0 radical (unpaired) electrons. The van der Waals surface area contributed by atoms with Crippen LogP contribution in [0.1, 0.15) is 27.2 Å². The molecule has 0 aromatic carbocycles. The average Bonchev–Trinajstić information content (AvgIpc) is 1.98. The average molecular weight is 143 g/mol. The number of aliphatic imine (C=N–C) groups is 1. The fourth-order valence-corrected chi connectivity index (χ4v) is 0.554. The summed E-state index contributed by atoms with van der Waals surface area (Å²) in [5.41, 5.74) is 0. The molecule has 0 bridgehead atoms. The smallest absolute Gasteiger partial charge is 0.0665 e. The van der Waals surface area contributed by atoms with Gasteiger partial charge >= 0.3 is 0 Å². The van der Waals surface area contributed by atoms with E-state index >= 15 is 0 Å². The first-order valence-corrected chi connectivity index (χ1v) is 3.87. The van der Waals surface area contributed by atoms with Gasteiger partial charge in [-0.15, -0.1) is 0 Å². The first kappa shape index (κ1) is 9.63. The molecule has 0 rings (SSSR count). The number of hydrogen-bond acceptors (Lipinski definition) is 2. The molecule has 0 fully saturated rings. The summed E-state index contributed by atoms with van der Waals surface area (Å²) in [5.74, 6) is 0. The quantitative estimate of drug-likeness (QED) is 0.425. The molecule has 0 aliphatic heterocycles. The fourth-order valence-electron chi connectivity index (χ4n) is 0.554. The minimum Gasteiger partial charge on any atom is -0.377 e. The maximum absolute atomic E-state index is 5.38. The van der Waals surface area contributed by atoms with Gasteiger partial charge < -0.3 is 4.74 Å². The van der Waals surface area contributed by atoms with Gasteiger partial charge in [0.15, 0.2) is 0 Å². The minimum atomic E-state index is 0.382. The van der Waals surface area contributed by atoms with E-state index in [4.69, 9.17) is 4.74 Å². The Morgan fingerprint density at radius 1 is 1.60 bits per heavy atom. The highest BCUT2D eigenvalue weighted by Crippen LogP contribution is 1.94. The van der Waals surface area contributed by atoms with Crippen molar-refractivity contribution in [2.75, 3.05) is 13.2 Å². The van der Waals surface area contributed by atoms with Gasteiger partial charge in [0.25, 0.3) is 0 Å².